The average Bonchev–Trinajstić information content (AvgIpc) is 3.09. The van der Waals surface area contributed by atoms with Crippen molar-refractivity contribution in [3.05, 3.63) is 77.9 Å². The van der Waals surface area contributed by atoms with Crippen molar-refractivity contribution >= 4 is 11.6 Å². The van der Waals surface area contributed by atoms with Crippen molar-refractivity contribution in [2.24, 2.45) is 0 Å². The van der Waals surface area contributed by atoms with Crippen LogP contribution in [0.5, 0.6) is 0 Å². The molecule has 25 heavy (non-hydrogen) atoms. The summed E-state index contributed by atoms with van der Waals surface area (Å²) in [7, 11) is 0. The van der Waals surface area contributed by atoms with Gasteiger partial charge in [0.15, 0.2) is 0 Å². The van der Waals surface area contributed by atoms with Crippen molar-refractivity contribution in [1.82, 2.24) is 14.8 Å². The number of rotatable bonds is 4. The first kappa shape index (κ1) is 16.7. The third-order valence-electron chi connectivity index (χ3n) is 3.54. The van der Waals surface area contributed by atoms with Crippen LogP contribution in [0.1, 0.15) is 21.5 Å². The van der Waals surface area contributed by atoms with Gasteiger partial charge in [0.1, 0.15) is 12.7 Å². The summed E-state index contributed by atoms with van der Waals surface area (Å²) in [6, 6.07) is 11.2. The van der Waals surface area contributed by atoms with Crippen molar-refractivity contribution in [2.75, 3.05) is 5.32 Å². The maximum absolute atomic E-state index is 12.6. The van der Waals surface area contributed by atoms with Gasteiger partial charge in [-0.15, -0.1) is 0 Å². The third kappa shape index (κ3) is 4.03. The molecule has 0 saturated carbocycles. The number of nitrogens with zero attached hydrogens (tertiary/aromatic N) is 3. The number of alkyl halides is 3. The van der Waals surface area contributed by atoms with Gasteiger partial charge >= 0.3 is 6.18 Å². The first-order valence-corrected chi connectivity index (χ1v) is 7.32. The Hall–Kier alpha value is -3.16. The van der Waals surface area contributed by atoms with E-state index in [9.17, 15) is 18.0 Å². The maximum Gasteiger partial charge on any atom is 0.416 e. The van der Waals surface area contributed by atoms with E-state index in [2.05, 4.69) is 15.4 Å². The molecule has 1 amide bonds. The highest BCUT2D eigenvalue weighted by Crippen LogP contribution is 2.29. The molecule has 0 unspecified atom stereocenters. The number of nitrogens with one attached hydrogen (secondary N) is 1. The van der Waals surface area contributed by atoms with Gasteiger partial charge in [-0.25, -0.2) is 9.67 Å². The predicted octanol–water partition coefficient (Wildman–Crippen LogP) is 3.60. The van der Waals surface area contributed by atoms with Gasteiger partial charge in [0.25, 0.3) is 5.91 Å². The zero-order valence-electron chi connectivity index (χ0n) is 12.9. The number of para-hydroxylation sites is 1. The molecule has 0 aliphatic heterocycles. The van der Waals surface area contributed by atoms with E-state index in [0.717, 1.165) is 29.8 Å². The molecule has 5 nitrogen and oxygen atoms in total. The number of hydrogen-bond acceptors (Lipinski definition) is 3. The second-order valence-corrected chi connectivity index (χ2v) is 5.28. The summed E-state index contributed by atoms with van der Waals surface area (Å²) in [6.07, 6.45) is -1.47. The highest BCUT2D eigenvalue weighted by atomic mass is 19.4. The standard InChI is InChI=1S/C17H13F3N4O/c18-17(19,20)14-7-5-12(6-8-14)16(25)23-15-4-2-1-3-13(15)9-24-11-21-10-22-24/h1-8,10-11H,9H2,(H,23,25). The lowest BCUT2D eigenvalue weighted by Crippen LogP contribution is -2.15. The molecule has 0 radical (unpaired) electrons. The number of carbonyl (C=O) groups excluding carboxylic acids is 1. The number of benzene rings is 2. The van der Waals surface area contributed by atoms with Crippen molar-refractivity contribution in [1.29, 1.82) is 0 Å². The van der Waals surface area contributed by atoms with E-state index >= 15 is 0 Å². The molecule has 3 rings (SSSR count). The molecule has 2 aromatic carbocycles. The minimum absolute atomic E-state index is 0.142. The highest BCUT2D eigenvalue weighted by molar-refractivity contribution is 6.04. The van der Waals surface area contributed by atoms with Gasteiger partial charge < -0.3 is 5.32 Å². The Balaban J connectivity index is 1.77. The predicted molar refractivity (Wildman–Crippen MR) is 85.0 cm³/mol. The van der Waals surface area contributed by atoms with Crippen LogP contribution < -0.4 is 5.32 Å². The van der Waals surface area contributed by atoms with Gasteiger partial charge in [-0.05, 0) is 35.9 Å². The fourth-order valence-corrected chi connectivity index (χ4v) is 2.27. The summed E-state index contributed by atoms with van der Waals surface area (Å²) >= 11 is 0. The van der Waals surface area contributed by atoms with Gasteiger partial charge in [0, 0.05) is 11.3 Å². The molecule has 0 atom stereocenters. The van der Waals surface area contributed by atoms with Crippen molar-refractivity contribution in [3.8, 4) is 0 Å². The van der Waals surface area contributed by atoms with Crippen LogP contribution in [0.2, 0.25) is 0 Å². The molecule has 3 aromatic rings. The fraction of sp³-hybridized carbons (Fsp3) is 0.118. The molecule has 0 spiro atoms. The molecule has 0 fully saturated rings. The van der Waals surface area contributed by atoms with E-state index < -0.39 is 17.6 Å². The van der Waals surface area contributed by atoms with Gasteiger partial charge in [0.05, 0.1) is 12.1 Å². The summed E-state index contributed by atoms with van der Waals surface area (Å²) in [5.41, 5.74) is 0.704. The third-order valence-corrected chi connectivity index (χ3v) is 3.54. The molecular weight excluding hydrogens is 333 g/mol. The van der Waals surface area contributed by atoms with Crippen LogP contribution in [0, 0.1) is 0 Å². The number of amides is 1. The van der Waals surface area contributed by atoms with E-state index in [1.165, 1.54) is 6.33 Å². The lowest BCUT2D eigenvalue weighted by Gasteiger charge is -2.12. The minimum atomic E-state index is -4.43. The number of aromatic nitrogens is 3. The van der Waals surface area contributed by atoms with Crippen LogP contribution in [0.15, 0.2) is 61.2 Å². The highest BCUT2D eigenvalue weighted by Gasteiger charge is 2.30. The summed E-state index contributed by atoms with van der Waals surface area (Å²) in [4.78, 5) is 16.2. The largest absolute Gasteiger partial charge is 0.416 e. The molecule has 8 heteroatoms. The maximum atomic E-state index is 12.6. The minimum Gasteiger partial charge on any atom is -0.322 e. The Morgan fingerprint density at radius 1 is 1.08 bits per heavy atom. The Morgan fingerprint density at radius 2 is 1.80 bits per heavy atom. The summed E-state index contributed by atoms with van der Waals surface area (Å²) < 4.78 is 39.4. The number of anilines is 1. The molecule has 128 valence electrons. The molecule has 0 aliphatic rings. The zero-order valence-corrected chi connectivity index (χ0v) is 12.9. The van der Waals surface area contributed by atoms with Crippen LogP contribution in [0.25, 0.3) is 0 Å². The van der Waals surface area contributed by atoms with Crippen LogP contribution in [0.4, 0.5) is 18.9 Å². The fourth-order valence-electron chi connectivity index (χ4n) is 2.27. The molecular formula is C17H13F3N4O. The Bertz CT molecular complexity index is 858. The SMILES string of the molecule is O=C(Nc1ccccc1Cn1cncn1)c1ccc(C(F)(F)F)cc1. The first-order chi connectivity index (χ1) is 11.9. The van der Waals surface area contributed by atoms with E-state index in [1.807, 2.05) is 12.1 Å². The molecule has 0 aliphatic carbocycles. The van der Waals surface area contributed by atoms with Crippen molar-refractivity contribution < 1.29 is 18.0 Å². The molecule has 0 saturated heterocycles. The van der Waals surface area contributed by atoms with E-state index in [-0.39, 0.29) is 5.56 Å². The smallest absolute Gasteiger partial charge is 0.322 e. The lowest BCUT2D eigenvalue weighted by atomic mass is 10.1. The number of carbonyl (C=O) groups is 1. The van der Waals surface area contributed by atoms with E-state index in [0.29, 0.717) is 12.2 Å². The Labute approximate surface area is 141 Å². The van der Waals surface area contributed by atoms with E-state index in [4.69, 9.17) is 0 Å². The average molecular weight is 346 g/mol. The van der Waals surface area contributed by atoms with Gasteiger partial charge in [0.2, 0.25) is 0 Å². The second kappa shape index (κ2) is 6.76. The van der Waals surface area contributed by atoms with Gasteiger partial charge in [-0.1, -0.05) is 18.2 Å². The number of halogens is 3. The number of hydrogen-bond donors (Lipinski definition) is 1. The van der Waals surface area contributed by atoms with Crippen molar-refractivity contribution in [2.45, 2.75) is 12.7 Å². The van der Waals surface area contributed by atoms with Crippen LogP contribution in [-0.2, 0) is 12.7 Å². The van der Waals surface area contributed by atoms with E-state index in [1.54, 1.807) is 23.1 Å². The molecule has 1 aromatic heterocycles. The van der Waals surface area contributed by atoms with Gasteiger partial charge in [-0.2, -0.15) is 18.3 Å². The summed E-state index contributed by atoms with van der Waals surface area (Å²) in [5, 5.41) is 6.72. The Morgan fingerprint density at radius 3 is 2.44 bits per heavy atom. The topological polar surface area (TPSA) is 59.8 Å². The van der Waals surface area contributed by atoms with Crippen LogP contribution in [0.3, 0.4) is 0 Å². The lowest BCUT2D eigenvalue weighted by molar-refractivity contribution is -0.137. The normalized spacial score (nSPS) is 11.3. The molecule has 1 N–H and O–H groups in total. The monoisotopic (exact) mass is 346 g/mol. The second-order valence-electron chi connectivity index (χ2n) is 5.28. The summed E-state index contributed by atoms with van der Waals surface area (Å²) in [5.74, 6) is -0.486. The zero-order chi connectivity index (χ0) is 17.9. The van der Waals surface area contributed by atoms with Crippen molar-refractivity contribution in [3.63, 3.8) is 0 Å². The molecule has 0 bridgehead atoms. The van der Waals surface area contributed by atoms with Gasteiger partial charge in [-0.3, -0.25) is 4.79 Å². The van der Waals surface area contributed by atoms with Crippen LogP contribution in [-0.4, -0.2) is 20.7 Å². The van der Waals surface area contributed by atoms with Crippen LogP contribution >= 0.6 is 0 Å². The molecule has 1 heterocycles. The summed E-state index contributed by atoms with van der Waals surface area (Å²) in [6.45, 7) is 0.406. The quantitative estimate of drug-likeness (QED) is 0.785. The first-order valence-electron chi connectivity index (χ1n) is 7.32. The Kier molecular flexibility index (Phi) is 4.51.